The van der Waals surface area contributed by atoms with Crippen LogP contribution in [0.25, 0.3) is 0 Å². The van der Waals surface area contributed by atoms with Gasteiger partial charge >= 0.3 is 12.4 Å². The molecule has 0 heterocycles. The average molecular weight is 274 g/mol. The van der Waals surface area contributed by atoms with E-state index in [9.17, 15) is 26.3 Å². The number of hydrogen-bond acceptors (Lipinski definition) is 2. The van der Waals surface area contributed by atoms with Crippen molar-refractivity contribution in [3.63, 3.8) is 0 Å². The molecule has 0 aliphatic carbocycles. The molecule has 0 aliphatic rings. The molecule has 0 bridgehead atoms. The van der Waals surface area contributed by atoms with Gasteiger partial charge in [-0.3, -0.25) is 0 Å². The second kappa shape index (κ2) is 4.95. The minimum atomic E-state index is -5.56. The standard InChI is InChI=1S/C10H8F6O2/c1-17-6-4-2-3-5-7(6)18-8(9(11,12)13)10(14,15)16/h2-5,8H,1H3. The zero-order valence-electron chi connectivity index (χ0n) is 8.97. The maximum atomic E-state index is 12.3. The second-order valence-electron chi connectivity index (χ2n) is 3.23. The Kier molecular flexibility index (Phi) is 3.98. The minimum absolute atomic E-state index is 0.212. The van der Waals surface area contributed by atoms with Crippen LogP contribution in [-0.2, 0) is 0 Å². The topological polar surface area (TPSA) is 18.5 Å². The van der Waals surface area contributed by atoms with E-state index in [-0.39, 0.29) is 5.75 Å². The largest absolute Gasteiger partial charge is 0.493 e. The molecule has 0 fully saturated rings. The van der Waals surface area contributed by atoms with Gasteiger partial charge in [0.25, 0.3) is 6.10 Å². The number of benzene rings is 1. The van der Waals surface area contributed by atoms with E-state index in [4.69, 9.17) is 0 Å². The van der Waals surface area contributed by atoms with Gasteiger partial charge in [-0.1, -0.05) is 12.1 Å². The highest BCUT2D eigenvalue weighted by atomic mass is 19.4. The van der Waals surface area contributed by atoms with Gasteiger partial charge in [0.2, 0.25) is 0 Å². The van der Waals surface area contributed by atoms with Gasteiger partial charge in [0, 0.05) is 0 Å². The van der Waals surface area contributed by atoms with Crippen molar-refractivity contribution in [2.75, 3.05) is 7.11 Å². The Morgan fingerprint density at radius 3 is 1.72 bits per heavy atom. The van der Waals surface area contributed by atoms with E-state index < -0.39 is 24.2 Å². The van der Waals surface area contributed by atoms with Crippen molar-refractivity contribution in [3.05, 3.63) is 24.3 Å². The molecular formula is C10H8F6O2. The van der Waals surface area contributed by atoms with Crippen molar-refractivity contribution in [1.82, 2.24) is 0 Å². The fourth-order valence-electron chi connectivity index (χ4n) is 1.16. The Labute approximate surface area is 98.1 Å². The molecule has 1 aromatic rings. The third-order valence-corrected chi connectivity index (χ3v) is 1.91. The highest BCUT2D eigenvalue weighted by Crippen LogP contribution is 2.38. The molecule has 0 amide bonds. The van der Waals surface area contributed by atoms with Crippen LogP contribution in [0.5, 0.6) is 11.5 Å². The van der Waals surface area contributed by atoms with Crippen molar-refractivity contribution >= 4 is 0 Å². The van der Waals surface area contributed by atoms with Crippen LogP contribution >= 0.6 is 0 Å². The van der Waals surface area contributed by atoms with E-state index in [1.54, 1.807) is 0 Å². The number of halogens is 6. The zero-order chi connectivity index (χ0) is 14.0. The van der Waals surface area contributed by atoms with Crippen molar-refractivity contribution in [2.24, 2.45) is 0 Å². The van der Waals surface area contributed by atoms with Crippen LogP contribution in [0.1, 0.15) is 0 Å². The lowest BCUT2D eigenvalue weighted by Crippen LogP contribution is -2.46. The maximum Gasteiger partial charge on any atom is 0.434 e. The monoisotopic (exact) mass is 274 g/mol. The van der Waals surface area contributed by atoms with E-state index in [1.807, 2.05) is 0 Å². The SMILES string of the molecule is COc1ccccc1OC(C(F)(F)F)C(F)(F)F. The lowest BCUT2D eigenvalue weighted by molar-refractivity contribution is -0.300. The summed E-state index contributed by atoms with van der Waals surface area (Å²) in [5.74, 6) is -0.837. The van der Waals surface area contributed by atoms with Gasteiger partial charge in [0.05, 0.1) is 7.11 Å². The van der Waals surface area contributed by atoms with Crippen molar-refractivity contribution in [1.29, 1.82) is 0 Å². The molecule has 102 valence electrons. The Bertz CT molecular complexity index is 384. The van der Waals surface area contributed by atoms with Gasteiger partial charge in [-0.15, -0.1) is 0 Å². The van der Waals surface area contributed by atoms with Crippen LogP contribution in [0.15, 0.2) is 24.3 Å². The van der Waals surface area contributed by atoms with Crippen LogP contribution in [0.3, 0.4) is 0 Å². The molecule has 8 heteroatoms. The first kappa shape index (κ1) is 14.5. The molecule has 0 saturated carbocycles. The van der Waals surface area contributed by atoms with Crippen LogP contribution in [0.4, 0.5) is 26.3 Å². The molecule has 1 aromatic carbocycles. The Morgan fingerprint density at radius 2 is 1.33 bits per heavy atom. The summed E-state index contributed by atoms with van der Waals surface area (Å²) in [5, 5.41) is 0. The van der Waals surface area contributed by atoms with Crippen LogP contribution in [0.2, 0.25) is 0 Å². The second-order valence-corrected chi connectivity index (χ2v) is 3.23. The summed E-state index contributed by atoms with van der Waals surface area (Å²) in [6.45, 7) is 0. The smallest absolute Gasteiger partial charge is 0.434 e. The average Bonchev–Trinajstić information content (AvgIpc) is 2.23. The molecule has 18 heavy (non-hydrogen) atoms. The molecule has 0 radical (unpaired) electrons. The Balaban J connectivity index is 3.05. The molecule has 0 aromatic heterocycles. The van der Waals surface area contributed by atoms with Gasteiger partial charge in [-0.2, -0.15) is 26.3 Å². The quantitative estimate of drug-likeness (QED) is 0.784. The maximum absolute atomic E-state index is 12.3. The van der Waals surface area contributed by atoms with Gasteiger partial charge in [-0.05, 0) is 12.1 Å². The Hall–Kier alpha value is -1.60. The van der Waals surface area contributed by atoms with Gasteiger partial charge in [-0.25, -0.2) is 0 Å². The number of para-hydroxylation sites is 2. The van der Waals surface area contributed by atoms with Crippen molar-refractivity contribution < 1.29 is 35.8 Å². The number of rotatable bonds is 3. The molecule has 0 aliphatic heterocycles. The fourth-order valence-corrected chi connectivity index (χ4v) is 1.16. The summed E-state index contributed by atoms with van der Waals surface area (Å²) in [4.78, 5) is 0. The molecular weight excluding hydrogens is 266 g/mol. The molecule has 0 spiro atoms. The van der Waals surface area contributed by atoms with E-state index >= 15 is 0 Å². The molecule has 0 saturated heterocycles. The number of methoxy groups -OCH3 is 1. The van der Waals surface area contributed by atoms with E-state index in [1.165, 1.54) is 18.2 Å². The molecule has 0 atom stereocenters. The van der Waals surface area contributed by atoms with Crippen molar-refractivity contribution in [2.45, 2.75) is 18.5 Å². The highest BCUT2D eigenvalue weighted by molar-refractivity contribution is 5.39. The minimum Gasteiger partial charge on any atom is -0.493 e. The summed E-state index contributed by atoms with van der Waals surface area (Å²) in [6.07, 6.45) is -15.0. The lowest BCUT2D eigenvalue weighted by Gasteiger charge is -2.24. The van der Waals surface area contributed by atoms with Crippen LogP contribution < -0.4 is 9.47 Å². The molecule has 0 N–H and O–H groups in total. The first-order valence-corrected chi connectivity index (χ1v) is 4.59. The predicted molar refractivity (Wildman–Crippen MR) is 49.5 cm³/mol. The molecule has 2 nitrogen and oxygen atoms in total. The number of alkyl halides is 6. The third-order valence-electron chi connectivity index (χ3n) is 1.91. The van der Waals surface area contributed by atoms with Crippen LogP contribution in [0, 0.1) is 0 Å². The number of hydrogen-bond donors (Lipinski definition) is 0. The highest BCUT2D eigenvalue weighted by Gasteiger charge is 2.59. The number of ether oxygens (including phenoxy) is 2. The summed E-state index contributed by atoms with van der Waals surface area (Å²) in [6, 6.07) is 4.78. The molecule has 0 unspecified atom stereocenters. The van der Waals surface area contributed by atoms with E-state index in [0.29, 0.717) is 0 Å². The lowest BCUT2D eigenvalue weighted by atomic mass is 10.3. The summed E-state index contributed by atoms with van der Waals surface area (Å²) >= 11 is 0. The fraction of sp³-hybridized carbons (Fsp3) is 0.400. The third kappa shape index (κ3) is 3.44. The zero-order valence-corrected chi connectivity index (χ0v) is 8.97. The van der Waals surface area contributed by atoms with Gasteiger partial charge < -0.3 is 9.47 Å². The van der Waals surface area contributed by atoms with Gasteiger partial charge in [0.1, 0.15) is 0 Å². The summed E-state index contributed by atoms with van der Waals surface area (Å²) < 4.78 is 82.1. The van der Waals surface area contributed by atoms with Gasteiger partial charge in [0.15, 0.2) is 11.5 Å². The van der Waals surface area contributed by atoms with Crippen molar-refractivity contribution in [3.8, 4) is 11.5 Å². The predicted octanol–water partition coefficient (Wildman–Crippen LogP) is 3.57. The van der Waals surface area contributed by atoms with E-state index in [2.05, 4.69) is 9.47 Å². The summed E-state index contributed by atoms with van der Waals surface area (Å²) in [7, 11) is 1.11. The van der Waals surface area contributed by atoms with Crippen LogP contribution in [-0.4, -0.2) is 25.6 Å². The molecule has 1 rings (SSSR count). The first-order valence-electron chi connectivity index (χ1n) is 4.59. The normalized spacial score (nSPS) is 12.7. The summed E-state index contributed by atoms with van der Waals surface area (Å²) in [5.41, 5.74) is 0. The van der Waals surface area contributed by atoms with E-state index in [0.717, 1.165) is 13.2 Å². The Morgan fingerprint density at radius 1 is 0.889 bits per heavy atom. The first-order chi connectivity index (χ1) is 8.16.